The van der Waals surface area contributed by atoms with Crippen LogP contribution in [0.25, 0.3) is 0 Å². The topological polar surface area (TPSA) is 89.6 Å². The van der Waals surface area contributed by atoms with Crippen molar-refractivity contribution in [3.63, 3.8) is 0 Å². The predicted molar refractivity (Wildman–Crippen MR) is 70.3 cm³/mol. The summed E-state index contributed by atoms with van der Waals surface area (Å²) in [6, 6.07) is 4.69. The lowest BCUT2D eigenvalue weighted by Crippen LogP contribution is -2.30. The number of ether oxygens (including phenoxy) is 1. The molecule has 0 heterocycles. The highest BCUT2D eigenvalue weighted by Gasteiger charge is 2.29. The van der Waals surface area contributed by atoms with E-state index in [4.69, 9.17) is 15.6 Å². The molecule has 0 spiro atoms. The number of benzene rings is 1. The molecule has 3 N–H and O–H groups in total. The fourth-order valence-corrected chi connectivity index (χ4v) is 1.63. The van der Waals surface area contributed by atoms with Crippen molar-refractivity contribution in [3.8, 4) is 0 Å². The van der Waals surface area contributed by atoms with E-state index >= 15 is 0 Å². The van der Waals surface area contributed by atoms with Gasteiger partial charge in [-0.1, -0.05) is 15.9 Å². The minimum atomic E-state index is -1.12. The lowest BCUT2D eigenvalue weighted by atomic mass is 9.95. The molecule has 1 rings (SSSR count). The summed E-state index contributed by atoms with van der Waals surface area (Å²) in [6.45, 7) is 2.77. The number of halogens is 1. The second-order valence-electron chi connectivity index (χ2n) is 4.54. The maximum atomic E-state index is 11.7. The van der Waals surface area contributed by atoms with E-state index in [1.54, 1.807) is 12.1 Å². The summed E-state index contributed by atoms with van der Waals surface area (Å²) in [6.07, 6.45) is 0. The van der Waals surface area contributed by atoms with Crippen LogP contribution in [0, 0.1) is 5.41 Å². The SMILES string of the molecule is CC(C)(COC(=O)c1cc(N)cc(Br)c1)C(=O)O. The molecule has 0 bridgehead atoms. The monoisotopic (exact) mass is 315 g/mol. The van der Waals surface area contributed by atoms with Crippen LogP contribution in [0.1, 0.15) is 24.2 Å². The average molecular weight is 316 g/mol. The normalized spacial score (nSPS) is 11.1. The Kier molecular flexibility index (Phi) is 4.34. The van der Waals surface area contributed by atoms with Crippen molar-refractivity contribution in [2.24, 2.45) is 5.41 Å². The van der Waals surface area contributed by atoms with Crippen molar-refractivity contribution < 1.29 is 19.4 Å². The van der Waals surface area contributed by atoms with Gasteiger partial charge in [0.25, 0.3) is 0 Å². The first-order chi connectivity index (χ1) is 8.22. The first kappa shape index (κ1) is 14.5. The molecule has 0 aliphatic heterocycles. The zero-order valence-corrected chi connectivity index (χ0v) is 11.7. The maximum Gasteiger partial charge on any atom is 0.338 e. The second-order valence-corrected chi connectivity index (χ2v) is 5.45. The Morgan fingerprint density at radius 3 is 2.50 bits per heavy atom. The molecule has 0 aromatic heterocycles. The Balaban J connectivity index is 2.75. The first-order valence-corrected chi connectivity index (χ1v) is 5.98. The molecular weight excluding hydrogens is 302 g/mol. The Bertz CT molecular complexity index is 465. The highest BCUT2D eigenvalue weighted by Crippen LogP contribution is 2.20. The summed E-state index contributed by atoms with van der Waals surface area (Å²) in [7, 11) is 0. The molecule has 98 valence electrons. The number of hydrogen-bond donors (Lipinski definition) is 2. The third kappa shape index (κ3) is 3.73. The van der Waals surface area contributed by atoms with Crippen LogP contribution >= 0.6 is 15.9 Å². The molecular formula is C12H14BrNO4. The van der Waals surface area contributed by atoms with E-state index in [9.17, 15) is 9.59 Å². The standard InChI is InChI=1S/C12H14BrNO4/c1-12(2,11(16)17)6-18-10(15)7-3-8(13)5-9(14)4-7/h3-5H,6,14H2,1-2H3,(H,16,17). The van der Waals surface area contributed by atoms with E-state index in [2.05, 4.69) is 15.9 Å². The molecule has 0 amide bonds. The third-order valence-corrected chi connectivity index (χ3v) is 2.76. The number of rotatable bonds is 4. The molecule has 5 nitrogen and oxygen atoms in total. The maximum absolute atomic E-state index is 11.7. The van der Waals surface area contributed by atoms with Crippen LogP contribution in [0.2, 0.25) is 0 Å². The van der Waals surface area contributed by atoms with Crippen LogP contribution in [0.4, 0.5) is 5.69 Å². The summed E-state index contributed by atoms with van der Waals surface area (Å²) in [5.74, 6) is -1.62. The Hall–Kier alpha value is -1.56. The van der Waals surface area contributed by atoms with Crippen LogP contribution in [-0.4, -0.2) is 23.7 Å². The molecule has 0 fully saturated rings. The van der Waals surface area contributed by atoms with E-state index in [-0.39, 0.29) is 12.2 Å². The summed E-state index contributed by atoms with van der Waals surface area (Å²) < 4.78 is 5.63. The van der Waals surface area contributed by atoms with Crippen LogP contribution in [-0.2, 0) is 9.53 Å². The van der Waals surface area contributed by atoms with Crippen molar-refractivity contribution in [2.45, 2.75) is 13.8 Å². The van der Waals surface area contributed by atoms with E-state index in [1.165, 1.54) is 19.9 Å². The lowest BCUT2D eigenvalue weighted by molar-refractivity contribution is -0.149. The quantitative estimate of drug-likeness (QED) is 0.657. The molecule has 0 radical (unpaired) electrons. The van der Waals surface area contributed by atoms with Crippen LogP contribution in [0.15, 0.2) is 22.7 Å². The van der Waals surface area contributed by atoms with Crippen LogP contribution in [0.3, 0.4) is 0 Å². The lowest BCUT2D eigenvalue weighted by Gasteiger charge is -2.18. The second kappa shape index (κ2) is 5.39. The summed E-state index contributed by atoms with van der Waals surface area (Å²) in [4.78, 5) is 22.6. The first-order valence-electron chi connectivity index (χ1n) is 5.19. The van der Waals surface area contributed by atoms with Gasteiger partial charge in [0.15, 0.2) is 0 Å². The molecule has 0 saturated heterocycles. The Morgan fingerprint density at radius 2 is 2.00 bits per heavy atom. The number of hydrogen-bond acceptors (Lipinski definition) is 4. The molecule has 1 aromatic rings. The summed E-state index contributed by atoms with van der Waals surface area (Å²) in [5, 5.41) is 8.89. The molecule has 1 aromatic carbocycles. The van der Waals surface area contributed by atoms with Crippen molar-refractivity contribution in [1.82, 2.24) is 0 Å². The van der Waals surface area contributed by atoms with Crippen LogP contribution < -0.4 is 5.73 Å². The molecule has 0 aliphatic carbocycles. The van der Waals surface area contributed by atoms with Gasteiger partial charge in [0, 0.05) is 10.2 Å². The predicted octanol–water partition coefficient (Wildman–Crippen LogP) is 2.30. The molecule has 0 aliphatic rings. The number of nitrogen functional groups attached to an aromatic ring is 1. The smallest absolute Gasteiger partial charge is 0.338 e. The van der Waals surface area contributed by atoms with Crippen molar-refractivity contribution in [1.29, 1.82) is 0 Å². The number of nitrogens with two attached hydrogens (primary N) is 1. The van der Waals surface area contributed by atoms with Gasteiger partial charge in [-0.25, -0.2) is 4.79 Å². The Morgan fingerprint density at radius 1 is 1.39 bits per heavy atom. The number of carboxylic acids is 1. The van der Waals surface area contributed by atoms with Gasteiger partial charge in [0.2, 0.25) is 0 Å². The van der Waals surface area contributed by atoms with Crippen molar-refractivity contribution in [2.75, 3.05) is 12.3 Å². The van der Waals surface area contributed by atoms with Gasteiger partial charge in [-0.3, -0.25) is 4.79 Å². The van der Waals surface area contributed by atoms with Gasteiger partial charge in [0.05, 0.1) is 11.0 Å². The molecule has 18 heavy (non-hydrogen) atoms. The fraction of sp³-hybridized carbons (Fsp3) is 0.333. The molecule has 0 atom stereocenters. The van der Waals surface area contributed by atoms with E-state index < -0.39 is 17.4 Å². The highest BCUT2D eigenvalue weighted by atomic mass is 79.9. The number of carbonyl (C=O) groups is 2. The number of anilines is 1. The molecule has 6 heteroatoms. The van der Waals surface area contributed by atoms with E-state index in [0.29, 0.717) is 10.2 Å². The number of esters is 1. The molecule has 0 unspecified atom stereocenters. The van der Waals surface area contributed by atoms with Gasteiger partial charge in [-0.2, -0.15) is 0 Å². The number of aliphatic carboxylic acids is 1. The largest absolute Gasteiger partial charge is 0.481 e. The summed E-state index contributed by atoms with van der Waals surface area (Å²) >= 11 is 3.21. The van der Waals surface area contributed by atoms with Gasteiger partial charge in [-0.15, -0.1) is 0 Å². The molecule has 0 saturated carbocycles. The van der Waals surface area contributed by atoms with Crippen molar-refractivity contribution >= 4 is 33.6 Å². The van der Waals surface area contributed by atoms with Crippen molar-refractivity contribution in [3.05, 3.63) is 28.2 Å². The van der Waals surface area contributed by atoms with E-state index in [0.717, 1.165) is 0 Å². The number of carbonyl (C=O) groups excluding carboxylic acids is 1. The van der Waals surface area contributed by atoms with Gasteiger partial charge >= 0.3 is 11.9 Å². The Labute approximate surface area is 113 Å². The van der Waals surface area contributed by atoms with Gasteiger partial charge in [0.1, 0.15) is 6.61 Å². The minimum absolute atomic E-state index is 0.201. The highest BCUT2D eigenvalue weighted by molar-refractivity contribution is 9.10. The van der Waals surface area contributed by atoms with E-state index in [1.807, 2.05) is 0 Å². The zero-order chi connectivity index (χ0) is 13.9. The average Bonchev–Trinajstić information content (AvgIpc) is 2.24. The van der Waals surface area contributed by atoms with Gasteiger partial charge < -0.3 is 15.6 Å². The summed E-state index contributed by atoms with van der Waals surface area (Å²) in [5.41, 5.74) is 5.18. The fourth-order valence-electron chi connectivity index (χ4n) is 1.12. The minimum Gasteiger partial charge on any atom is -0.481 e. The number of carboxylic acid groups (broad SMARTS) is 1. The third-order valence-electron chi connectivity index (χ3n) is 2.30. The zero-order valence-electron chi connectivity index (χ0n) is 10.1. The van der Waals surface area contributed by atoms with Gasteiger partial charge in [-0.05, 0) is 32.0 Å². The van der Waals surface area contributed by atoms with Crippen LogP contribution in [0.5, 0.6) is 0 Å².